The number of amides is 2. The van der Waals surface area contributed by atoms with Crippen molar-refractivity contribution < 1.29 is 29.4 Å². The molecule has 2 amide bonds. The van der Waals surface area contributed by atoms with Crippen molar-refractivity contribution in [3.8, 4) is 24.7 Å². The van der Waals surface area contributed by atoms with E-state index in [0.717, 1.165) is 11.1 Å². The molecule has 0 unspecified atom stereocenters. The van der Waals surface area contributed by atoms with E-state index in [0.29, 0.717) is 22.5 Å². The minimum Gasteiger partial charge on any atom is -0.478 e. The average Bonchev–Trinajstić information content (AvgIpc) is 3.00. The first-order chi connectivity index (χ1) is 20.4. The van der Waals surface area contributed by atoms with Crippen LogP contribution >= 0.6 is 0 Å². The minimum atomic E-state index is -1.26. The Hall–Kier alpha value is -6.12. The monoisotopic (exact) mass is 570 g/mol. The number of terminal acetylenes is 2. The second kappa shape index (κ2) is 12.2. The molecule has 0 aromatic heterocycles. The van der Waals surface area contributed by atoms with Gasteiger partial charge >= 0.3 is 11.9 Å². The van der Waals surface area contributed by atoms with Crippen molar-refractivity contribution >= 4 is 35.1 Å². The summed E-state index contributed by atoms with van der Waals surface area (Å²) in [7, 11) is 0. The molecule has 0 radical (unpaired) electrons. The van der Waals surface area contributed by atoms with Gasteiger partial charge in [0, 0.05) is 27.9 Å². The predicted octanol–water partition coefficient (Wildman–Crippen LogP) is 5.88. The smallest absolute Gasteiger partial charge is 0.336 e. The summed E-state index contributed by atoms with van der Waals surface area (Å²) in [5, 5.41) is 24.4. The highest BCUT2D eigenvalue weighted by molar-refractivity contribution is 6.11. The third-order valence-corrected chi connectivity index (χ3v) is 7.05. The van der Waals surface area contributed by atoms with Crippen molar-refractivity contribution in [1.82, 2.24) is 0 Å². The fourth-order valence-corrected chi connectivity index (χ4v) is 4.52. The number of hydrogen-bond donors (Lipinski definition) is 4. The molecule has 4 aromatic rings. The first kappa shape index (κ1) is 29.9. The highest BCUT2D eigenvalue weighted by Crippen LogP contribution is 2.33. The number of rotatable bonds is 8. The molecule has 0 bridgehead atoms. The number of anilines is 2. The molecule has 0 spiro atoms. The van der Waals surface area contributed by atoms with Crippen molar-refractivity contribution in [1.29, 1.82) is 0 Å². The average molecular weight is 571 g/mol. The maximum Gasteiger partial charge on any atom is 0.336 e. The molecule has 43 heavy (non-hydrogen) atoms. The molecule has 8 heteroatoms. The third kappa shape index (κ3) is 6.45. The second-order valence-corrected chi connectivity index (χ2v) is 10.1. The van der Waals surface area contributed by atoms with Gasteiger partial charge in [-0.25, -0.2) is 9.59 Å². The number of aromatic carboxylic acids is 2. The lowest BCUT2D eigenvalue weighted by Gasteiger charge is -2.26. The zero-order valence-electron chi connectivity index (χ0n) is 23.3. The van der Waals surface area contributed by atoms with Crippen LogP contribution in [0.5, 0.6) is 0 Å². The maximum atomic E-state index is 12.9. The molecule has 0 fully saturated rings. The van der Waals surface area contributed by atoms with E-state index in [1.807, 2.05) is 38.1 Å². The van der Waals surface area contributed by atoms with Gasteiger partial charge in [-0.2, -0.15) is 0 Å². The Morgan fingerprint density at radius 3 is 1.40 bits per heavy atom. The number of carbonyl (C=O) groups is 4. The topological polar surface area (TPSA) is 133 Å². The van der Waals surface area contributed by atoms with Crippen molar-refractivity contribution in [3.63, 3.8) is 0 Å². The first-order valence-electron chi connectivity index (χ1n) is 13.0. The van der Waals surface area contributed by atoms with Crippen LogP contribution in [0.1, 0.15) is 77.5 Å². The SMILES string of the molecule is C#Cc1ccc(C(=O)Nc2ccc(C(C)(C)c3ccc(NC(=O)c4cc(C#C)ccc4C(=O)O)cc3)cc2)c(C(=O)O)c1. The van der Waals surface area contributed by atoms with Gasteiger partial charge in [0.25, 0.3) is 11.8 Å². The Bertz CT molecular complexity index is 1840. The minimum absolute atomic E-state index is 0.00831. The van der Waals surface area contributed by atoms with E-state index < -0.39 is 29.2 Å². The van der Waals surface area contributed by atoms with Crippen molar-refractivity contribution in [2.24, 2.45) is 0 Å². The molecule has 0 atom stereocenters. The summed E-state index contributed by atoms with van der Waals surface area (Å²) in [6.07, 6.45) is 10.8. The highest BCUT2D eigenvalue weighted by Gasteiger charge is 2.24. The summed E-state index contributed by atoms with van der Waals surface area (Å²) in [6.45, 7) is 4.04. The van der Waals surface area contributed by atoms with E-state index in [1.54, 1.807) is 24.3 Å². The normalized spacial score (nSPS) is 10.6. The lowest BCUT2D eigenvalue weighted by atomic mass is 9.78. The van der Waals surface area contributed by atoms with Crippen molar-refractivity contribution in [2.45, 2.75) is 19.3 Å². The summed E-state index contributed by atoms with van der Waals surface area (Å²) in [5.74, 6) is 1.10. The van der Waals surface area contributed by atoms with Gasteiger partial charge in [-0.3, -0.25) is 9.59 Å². The van der Waals surface area contributed by atoms with Gasteiger partial charge in [-0.15, -0.1) is 12.8 Å². The zero-order valence-corrected chi connectivity index (χ0v) is 23.3. The van der Waals surface area contributed by atoms with Gasteiger partial charge in [-0.05, 0) is 71.8 Å². The van der Waals surface area contributed by atoms with E-state index in [2.05, 4.69) is 22.5 Å². The van der Waals surface area contributed by atoms with E-state index in [4.69, 9.17) is 12.8 Å². The van der Waals surface area contributed by atoms with Crippen LogP contribution in [0.3, 0.4) is 0 Å². The predicted molar refractivity (Wildman–Crippen MR) is 164 cm³/mol. The molecule has 0 heterocycles. The number of hydrogen-bond acceptors (Lipinski definition) is 4. The molecule has 0 aliphatic heterocycles. The summed E-state index contributed by atoms with van der Waals surface area (Å²) in [4.78, 5) is 48.9. The van der Waals surface area contributed by atoms with Gasteiger partial charge in [0.2, 0.25) is 0 Å². The summed E-state index contributed by atoms with van der Waals surface area (Å²) < 4.78 is 0. The van der Waals surface area contributed by atoms with Gasteiger partial charge in [0.05, 0.1) is 22.3 Å². The number of carbonyl (C=O) groups excluding carboxylic acids is 2. The number of carboxylic acid groups (broad SMARTS) is 2. The van der Waals surface area contributed by atoms with Crippen LogP contribution < -0.4 is 10.6 Å². The van der Waals surface area contributed by atoms with Crippen LogP contribution in [0, 0.1) is 24.7 Å². The molecular weight excluding hydrogens is 544 g/mol. The number of nitrogens with one attached hydrogen (secondary N) is 2. The molecule has 4 rings (SSSR count). The Kier molecular flexibility index (Phi) is 8.45. The summed E-state index contributed by atoms with van der Waals surface area (Å²) in [6, 6.07) is 22.6. The van der Waals surface area contributed by atoms with Crippen molar-refractivity contribution in [2.75, 3.05) is 10.6 Å². The number of carboxylic acids is 2. The Morgan fingerprint density at radius 2 is 0.977 bits per heavy atom. The lowest BCUT2D eigenvalue weighted by Crippen LogP contribution is -2.20. The summed E-state index contributed by atoms with van der Waals surface area (Å²) >= 11 is 0. The fraction of sp³-hybridized carbons (Fsp3) is 0.0857. The zero-order chi connectivity index (χ0) is 31.3. The first-order valence-corrected chi connectivity index (χ1v) is 13.0. The van der Waals surface area contributed by atoms with E-state index in [1.165, 1.54) is 36.4 Å². The third-order valence-electron chi connectivity index (χ3n) is 7.05. The molecular formula is C35H26N2O6. The van der Waals surface area contributed by atoms with E-state index in [-0.39, 0.29) is 22.3 Å². The van der Waals surface area contributed by atoms with Crippen LogP contribution in [0.25, 0.3) is 0 Å². The maximum absolute atomic E-state index is 12.9. The Balaban J connectivity index is 1.49. The molecule has 0 aliphatic rings. The van der Waals surface area contributed by atoms with Crippen LogP contribution in [0.4, 0.5) is 11.4 Å². The molecule has 0 saturated carbocycles. The van der Waals surface area contributed by atoms with Crippen molar-refractivity contribution in [3.05, 3.63) is 129 Å². The number of benzene rings is 4. The largest absolute Gasteiger partial charge is 0.478 e. The van der Waals surface area contributed by atoms with Gasteiger partial charge in [-0.1, -0.05) is 50.0 Å². The van der Waals surface area contributed by atoms with Gasteiger partial charge in [0.15, 0.2) is 0 Å². The van der Waals surface area contributed by atoms with Gasteiger partial charge in [0.1, 0.15) is 0 Å². The second-order valence-electron chi connectivity index (χ2n) is 10.1. The van der Waals surface area contributed by atoms with Gasteiger partial charge < -0.3 is 20.8 Å². The molecule has 212 valence electrons. The molecule has 0 aliphatic carbocycles. The lowest BCUT2D eigenvalue weighted by molar-refractivity contribution is 0.0683. The Labute approximate surface area is 248 Å². The standard InChI is InChI=1S/C35H26N2O6/c1-5-21-8-18-28(33(40)41)29(19-21)32(39)37-26-15-11-24(12-16-26)35(3,4)23-9-13-25(14-10-23)36-31(38)27-17-7-22(6-2)20-30(27)34(42)43/h1-2,7-20H,3-4H3,(H,36,38)(H,37,39)(H,40,41)(H,42,43). The quantitative estimate of drug-likeness (QED) is 0.196. The molecule has 4 N–H and O–H groups in total. The van der Waals surface area contributed by atoms with Crippen LogP contribution in [-0.2, 0) is 5.41 Å². The van der Waals surface area contributed by atoms with Crippen LogP contribution in [0.2, 0.25) is 0 Å². The van der Waals surface area contributed by atoms with Crippen LogP contribution in [-0.4, -0.2) is 34.0 Å². The molecule has 8 nitrogen and oxygen atoms in total. The fourth-order valence-electron chi connectivity index (χ4n) is 4.52. The summed E-state index contributed by atoms with van der Waals surface area (Å²) in [5.41, 5.74) is 2.72. The van der Waals surface area contributed by atoms with E-state index >= 15 is 0 Å². The molecule has 4 aromatic carbocycles. The van der Waals surface area contributed by atoms with Crippen LogP contribution in [0.15, 0.2) is 84.9 Å². The molecule has 0 saturated heterocycles. The van der Waals surface area contributed by atoms with E-state index in [9.17, 15) is 29.4 Å². The highest BCUT2D eigenvalue weighted by atomic mass is 16.4. The Morgan fingerprint density at radius 1 is 0.581 bits per heavy atom.